The van der Waals surface area contributed by atoms with Gasteiger partial charge in [0, 0.05) is 11.3 Å². The van der Waals surface area contributed by atoms with Crippen LogP contribution in [0.25, 0.3) is 0 Å². The van der Waals surface area contributed by atoms with Gasteiger partial charge in [-0.15, -0.1) is 0 Å². The van der Waals surface area contributed by atoms with Crippen molar-refractivity contribution in [1.29, 1.82) is 0 Å². The summed E-state index contributed by atoms with van der Waals surface area (Å²) >= 11 is 3.71. The second-order valence-electron chi connectivity index (χ2n) is 2.50. The lowest BCUT2D eigenvalue weighted by atomic mass is 10.2. The van der Waals surface area contributed by atoms with E-state index in [1.54, 1.807) is 18.2 Å². The molecule has 4 N–H and O–H groups in total. The highest BCUT2D eigenvalue weighted by Crippen LogP contribution is 2.07. The van der Waals surface area contributed by atoms with Crippen LogP contribution in [-0.2, 0) is 0 Å². The number of primary amides is 1. The minimum atomic E-state index is -0.751. The molecular weight excluding hydrogens is 200 g/mol. The van der Waals surface area contributed by atoms with E-state index >= 15 is 0 Å². The number of urea groups is 1. The van der Waals surface area contributed by atoms with Crippen molar-refractivity contribution in [1.82, 2.24) is 4.41 Å². The van der Waals surface area contributed by atoms with Gasteiger partial charge in [-0.05, 0) is 18.9 Å². The van der Waals surface area contributed by atoms with Crippen molar-refractivity contribution in [2.24, 2.45) is 10.8 Å². The quantitative estimate of drug-likeness (QED) is 0.292. The van der Waals surface area contributed by atoms with Crippen LogP contribution in [0.15, 0.2) is 29.4 Å². The molecule has 6 heteroatoms. The maximum atomic E-state index is 10.5. The number of carbonyl (C=O) groups is 1. The van der Waals surface area contributed by atoms with Crippen LogP contribution in [0.2, 0.25) is 0 Å². The van der Waals surface area contributed by atoms with Crippen molar-refractivity contribution >= 4 is 30.7 Å². The lowest BCUT2D eigenvalue weighted by Gasteiger charge is -2.04. The fourth-order valence-corrected chi connectivity index (χ4v) is 0.854. The predicted molar refractivity (Wildman–Crippen MR) is 58.9 cm³/mol. The number of nitrogen functional groups attached to an aromatic ring is 1. The number of benzene rings is 1. The van der Waals surface area contributed by atoms with Gasteiger partial charge in [0.25, 0.3) is 0 Å². The third-order valence-corrected chi connectivity index (χ3v) is 1.80. The third kappa shape index (κ3) is 2.67. The Labute approximate surface area is 86.9 Å². The van der Waals surface area contributed by atoms with Gasteiger partial charge in [-0.25, -0.2) is 4.79 Å². The van der Waals surface area contributed by atoms with Crippen molar-refractivity contribution < 1.29 is 4.79 Å². The number of rotatable bonds is 2. The average Bonchev–Trinajstić information content (AvgIpc) is 2.16. The maximum absolute atomic E-state index is 10.5. The fraction of sp³-hybridized carbons (Fsp3) is 0. The highest BCUT2D eigenvalue weighted by molar-refractivity contribution is 7.78. The smallest absolute Gasteiger partial charge is 0.345 e. The summed E-state index contributed by atoms with van der Waals surface area (Å²) in [5.74, 6) is 0. The van der Waals surface area contributed by atoms with Crippen LogP contribution in [0.5, 0.6) is 0 Å². The summed E-state index contributed by atoms with van der Waals surface area (Å²) < 4.78 is 0.729. The zero-order chi connectivity index (χ0) is 10.6. The SMILES string of the molecule is NC(=O)N(S)N=Cc1ccccc1N. The molecule has 0 atom stereocenters. The van der Waals surface area contributed by atoms with E-state index in [0.29, 0.717) is 11.3 Å². The zero-order valence-electron chi connectivity index (χ0n) is 7.29. The molecule has 1 rings (SSSR count). The molecule has 2 amide bonds. The molecule has 0 aliphatic heterocycles. The molecule has 1 aromatic carbocycles. The third-order valence-electron chi connectivity index (χ3n) is 1.50. The highest BCUT2D eigenvalue weighted by atomic mass is 32.1. The molecule has 0 saturated carbocycles. The van der Waals surface area contributed by atoms with Gasteiger partial charge >= 0.3 is 6.03 Å². The van der Waals surface area contributed by atoms with Crippen molar-refractivity contribution in [3.05, 3.63) is 29.8 Å². The van der Waals surface area contributed by atoms with Crippen LogP contribution >= 0.6 is 12.8 Å². The molecule has 0 aliphatic carbocycles. The molecule has 14 heavy (non-hydrogen) atoms. The first-order chi connectivity index (χ1) is 6.61. The van der Waals surface area contributed by atoms with Gasteiger partial charge in [0.05, 0.1) is 6.21 Å². The molecule has 1 aromatic rings. The number of nitrogens with two attached hydrogens (primary N) is 2. The first-order valence-corrected chi connectivity index (χ1v) is 4.18. The van der Waals surface area contributed by atoms with Gasteiger partial charge in [0.2, 0.25) is 0 Å². The largest absolute Gasteiger partial charge is 0.398 e. The van der Waals surface area contributed by atoms with Crippen LogP contribution in [-0.4, -0.2) is 16.7 Å². The van der Waals surface area contributed by atoms with Crippen molar-refractivity contribution in [2.45, 2.75) is 0 Å². The molecule has 0 saturated heterocycles. The molecule has 0 aliphatic rings. The van der Waals surface area contributed by atoms with E-state index < -0.39 is 6.03 Å². The number of amides is 2. The molecule has 74 valence electrons. The number of nitrogens with zero attached hydrogens (tertiary/aromatic N) is 2. The Hall–Kier alpha value is -1.69. The van der Waals surface area contributed by atoms with Gasteiger partial charge in [-0.3, -0.25) is 0 Å². The van der Waals surface area contributed by atoms with E-state index in [1.165, 1.54) is 6.21 Å². The van der Waals surface area contributed by atoms with Crippen LogP contribution in [0.3, 0.4) is 0 Å². The van der Waals surface area contributed by atoms with Crippen LogP contribution in [0.4, 0.5) is 10.5 Å². The van der Waals surface area contributed by atoms with E-state index in [0.717, 1.165) is 4.41 Å². The van der Waals surface area contributed by atoms with Crippen molar-refractivity contribution in [2.75, 3.05) is 5.73 Å². The summed E-state index contributed by atoms with van der Waals surface area (Å²) in [5, 5.41) is 3.67. The van der Waals surface area contributed by atoms with Crippen LogP contribution in [0.1, 0.15) is 5.56 Å². The normalized spacial score (nSPS) is 10.4. The number of hydrazone groups is 1. The number of para-hydroxylation sites is 1. The van der Waals surface area contributed by atoms with Crippen molar-refractivity contribution in [3.63, 3.8) is 0 Å². The molecule has 0 heterocycles. The summed E-state index contributed by atoms with van der Waals surface area (Å²) in [5.41, 5.74) is 11.8. The van der Waals surface area contributed by atoms with Crippen molar-refractivity contribution in [3.8, 4) is 0 Å². The molecular formula is C8H10N4OS. The first-order valence-electron chi connectivity index (χ1n) is 3.78. The molecule has 0 spiro atoms. The Bertz CT molecular complexity index is 366. The van der Waals surface area contributed by atoms with E-state index in [1.807, 2.05) is 6.07 Å². The average molecular weight is 210 g/mol. The number of hydrogen-bond donors (Lipinski definition) is 3. The lowest BCUT2D eigenvalue weighted by molar-refractivity contribution is 0.236. The maximum Gasteiger partial charge on any atom is 0.345 e. The lowest BCUT2D eigenvalue weighted by Crippen LogP contribution is -2.23. The second kappa shape index (κ2) is 4.52. The zero-order valence-corrected chi connectivity index (χ0v) is 8.19. The Morgan fingerprint density at radius 2 is 2.14 bits per heavy atom. The first kappa shape index (κ1) is 10.4. The standard InChI is InChI=1S/C8H10N4OS/c9-7-4-2-1-3-6(7)5-11-12(14)8(10)13/h1-5,14H,9H2,(H2,10,13). The molecule has 0 bridgehead atoms. The molecule has 5 nitrogen and oxygen atoms in total. The van der Waals surface area contributed by atoms with Crippen LogP contribution < -0.4 is 11.5 Å². The highest BCUT2D eigenvalue weighted by Gasteiger charge is 2.00. The van der Waals surface area contributed by atoms with Crippen LogP contribution in [0, 0.1) is 0 Å². The Kier molecular flexibility index (Phi) is 3.35. The van der Waals surface area contributed by atoms with E-state index in [-0.39, 0.29) is 0 Å². The Morgan fingerprint density at radius 3 is 2.71 bits per heavy atom. The van der Waals surface area contributed by atoms with Gasteiger partial charge in [0.1, 0.15) is 0 Å². The monoisotopic (exact) mass is 210 g/mol. The van der Waals surface area contributed by atoms with Gasteiger partial charge in [-0.2, -0.15) is 9.52 Å². The molecule has 0 aromatic heterocycles. The summed E-state index contributed by atoms with van der Waals surface area (Å²) in [6.45, 7) is 0. The minimum Gasteiger partial charge on any atom is -0.398 e. The molecule has 0 unspecified atom stereocenters. The van der Waals surface area contributed by atoms with Gasteiger partial charge in [-0.1, -0.05) is 18.2 Å². The summed E-state index contributed by atoms with van der Waals surface area (Å²) in [4.78, 5) is 10.5. The summed E-state index contributed by atoms with van der Waals surface area (Å²) in [6, 6.07) is 6.36. The topological polar surface area (TPSA) is 84.7 Å². The second-order valence-corrected chi connectivity index (χ2v) is 2.88. The number of anilines is 1. The number of thiol groups is 1. The van der Waals surface area contributed by atoms with E-state index in [4.69, 9.17) is 11.5 Å². The van der Waals surface area contributed by atoms with E-state index in [9.17, 15) is 4.79 Å². The minimum absolute atomic E-state index is 0.572. The fourth-order valence-electron chi connectivity index (χ4n) is 0.802. The van der Waals surface area contributed by atoms with E-state index in [2.05, 4.69) is 17.9 Å². The number of hydrogen-bond acceptors (Lipinski definition) is 4. The Balaban J connectivity index is 2.78. The predicted octanol–water partition coefficient (Wildman–Crippen LogP) is 0.828. The van der Waals surface area contributed by atoms with Gasteiger partial charge < -0.3 is 11.5 Å². The summed E-state index contributed by atoms with van der Waals surface area (Å²) in [7, 11) is 0. The summed E-state index contributed by atoms with van der Waals surface area (Å²) in [6.07, 6.45) is 1.41. The van der Waals surface area contributed by atoms with Gasteiger partial charge in [0.15, 0.2) is 0 Å². The molecule has 0 fully saturated rings. The Morgan fingerprint density at radius 1 is 1.50 bits per heavy atom. The molecule has 0 radical (unpaired) electrons. The number of carbonyl (C=O) groups excluding carboxylic acids is 1.